The van der Waals surface area contributed by atoms with Crippen molar-refractivity contribution < 1.29 is 19.4 Å². The molecule has 1 aromatic carbocycles. The molecule has 1 N–H and O–H groups in total. The van der Waals surface area contributed by atoms with Gasteiger partial charge in [0.1, 0.15) is 0 Å². The molecule has 1 unspecified atom stereocenters. The van der Waals surface area contributed by atoms with E-state index in [-0.39, 0.29) is 24.0 Å². The van der Waals surface area contributed by atoms with E-state index in [1.165, 1.54) is 0 Å². The van der Waals surface area contributed by atoms with Crippen molar-refractivity contribution >= 4 is 11.8 Å². The van der Waals surface area contributed by atoms with Gasteiger partial charge in [0.15, 0.2) is 5.78 Å². The van der Waals surface area contributed by atoms with E-state index in [2.05, 4.69) is 6.08 Å². The molecule has 0 aliphatic carbocycles. The highest BCUT2D eigenvalue weighted by Crippen LogP contribution is 2.26. The third kappa shape index (κ3) is 6.60. The zero-order valence-corrected chi connectivity index (χ0v) is 15.3. The number of ketones is 1. The van der Waals surface area contributed by atoms with Crippen LogP contribution < -0.4 is 0 Å². The molecule has 1 aliphatic heterocycles. The molecule has 0 spiro atoms. The number of benzene rings is 1. The van der Waals surface area contributed by atoms with Crippen LogP contribution in [0.1, 0.15) is 44.1 Å². The average molecular weight is 356 g/mol. The van der Waals surface area contributed by atoms with Crippen LogP contribution in [0.15, 0.2) is 54.6 Å². The summed E-state index contributed by atoms with van der Waals surface area (Å²) in [5.74, 6) is -0.136. The summed E-state index contributed by atoms with van der Waals surface area (Å²) in [6, 6.07) is 9.81. The van der Waals surface area contributed by atoms with Gasteiger partial charge in [0.05, 0.1) is 13.2 Å². The standard InChI is InChI=1S/C22H28O4/c1-17(18-9-6-4-7-10-18)21(23)14-13-20-16-26-15-19(20)11-5-2-3-8-12-22(24)25/h2,4-7,9-10,13-14,17,19-20H,3,8,11-12,15-16H2,1H3,(H,24,25)/t17?,19-,20+/m0/s1. The molecule has 4 heteroatoms. The van der Waals surface area contributed by atoms with E-state index in [1.54, 1.807) is 6.08 Å². The van der Waals surface area contributed by atoms with E-state index in [1.807, 2.05) is 49.4 Å². The molecule has 1 fully saturated rings. The van der Waals surface area contributed by atoms with Gasteiger partial charge in [0.2, 0.25) is 0 Å². The van der Waals surface area contributed by atoms with Gasteiger partial charge in [-0.1, -0.05) is 55.5 Å². The number of aliphatic carboxylic acids is 1. The molecular weight excluding hydrogens is 328 g/mol. The van der Waals surface area contributed by atoms with Crippen LogP contribution in [-0.2, 0) is 14.3 Å². The summed E-state index contributed by atoms with van der Waals surface area (Å²) in [6.45, 7) is 3.29. The van der Waals surface area contributed by atoms with Crippen molar-refractivity contribution in [1.29, 1.82) is 0 Å². The second-order valence-corrected chi connectivity index (χ2v) is 6.85. The van der Waals surface area contributed by atoms with Crippen molar-refractivity contribution in [2.45, 2.75) is 38.5 Å². The van der Waals surface area contributed by atoms with Crippen LogP contribution in [-0.4, -0.2) is 30.1 Å². The van der Waals surface area contributed by atoms with Crippen molar-refractivity contribution in [1.82, 2.24) is 0 Å². The summed E-state index contributed by atoms with van der Waals surface area (Å²) in [7, 11) is 0. The summed E-state index contributed by atoms with van der Waals surface area (Å²) >= 11 is 0. The molecule has 140 valence electrons. The van der Waals surface area contributed by atoms with E-state index in [0.717, 1.165) is 18.4 Å². The van der Waals surface area contributed by atoms with Crippen molar-refractivity contribution in [2.24, 2.45) is 11.8 Å². The first-order chi connectivity index (χ1) is 12.6. The highest BCUT2D eigenvalue weighted by atomic mass is 16.5. The van der Waals surface area contributed by atoms with Gasteiger partial charge in [-0.2, -0.15) is 0 Å². The maximum atomic E-state index is 12.4. The number of hydrogen-bond acceptors (Lipinski definition) is 3. The maximum Gasteiger partial charge on any atom is 0.303 e. The van der Waals surface area contributed by atoms with Gasteiger partial charge < -0.3 is 9.84 Å². The molecule has 1 heterocycles. The average Bonchev–Trinajstić information content (AvgIpc) is 3.09. The topological polar surface area (TPSA) is 63.6 Å². The van der Waals surface area contributed by atoms with E-state index >= 15 is 0 Å². The Bertz CT molecular complexity index is 633. The highest BCUT2D eigenvalue weighted by Gasteiger charge is 2.25. The minimum Gasteiger partial charge on any atom is -0.481 e. The van der Waals surface area contributed by atoms with Crippen molar-refractivity contribution in [3.05, 3.63) is 60.2 Å². The van der Waals surface area contributed by atoms with Crippen LogP contribution in [0, 0.1) is 11.8 Å². The van der Waals surface area contributed by atoms with E-state index in [4.69, 9.17) is 9.84 Å². The van der Waals surface area contributed by atoms with Gasteiger partial charge in [-0.15, -0.1) is 0 Å². The molecule has 0 saturated carbocycles. The second-order valence-electron chi connectivity index (χ2n) is 6.85. The lowest BCUT2D eigenvalue weighted by molar-refractivity contribution is -0.137. The molecule has 0 amide bonds. The lowest BCUT2D eigenvalue weighted by Crippen LogP contribution is -2.11. The molecule has 1 aliphatic rings. The second kappa shape index (κ2) is 10.7. The minimum absolute atomic E-state index is 0.117. The summed E-state index contributed by atoms with van der Waals surface area (Å²) in [5, 5.41) is 8.62. The van der Waals surface area contributed by atoms with Crippen LogP contribution in [0.25, 0.3) is 0 Å². The SMILES string of the molecule is CC(C(=O)C=C[C@@H]1COC[C@@H]1CC=CCCCC(=O)O)c1ccccc1. The number of allylic oxidation sites excluding steroid dienone is 3. The Balaban J connectivity index is 1.80. The smallest absolute Gasteiger partial charge is 0.303 e. The van der Waals surface area contributed by atoms with Crippen LogP contribution >= 0.6 is 0 Å². The summed E-state index contributed by atoms with van der Waals surface area (Å²) < 4.78 is 5.58. The third-order valence-electron chi connectivity index (χ3n) is 4.85. The van der Waals surface area contributed by atoms with Gasteiger partial charge in [-0.25, -0.2) is 0 Å². The Kier molecular flexibility index (Phi) is 8.29. The Morgan fingerprint density at radius 3 is 2.73 bits per heavy atom. The molecule has 1 saturated heterocycles. The number of ether oxygens (including phenoxy) is 1. The predicted molar refractivity (Wildman–Crippen MR) is 102 cm³/mol. The van der Waals surface area contributed by atoms with Gasteiger partial charge in [0, 0.05) is 18.3 Å². The molecule has 4 nitrogen and oxygen atoms in total. The van der Waals surface area contributed by atoms with E-state index < -0.39 is 5.97 Å². The Morgan fingerprint density at radius 2 is 2.00 bits per heavy atom. The first kappa shape index (κ1) is 20.1. The van der Waals surface area contributed by atoms with E-state index in [9.17, 15) is 9.59 Å². The predicted octanol–water partition coefficient (Wildman–Crippen LogP) is 4.38. The molecule has 0 bridgehead atoms. The number of unbranched alkanes of at least 4 members (excludes halogenated alkanes) is 1. The number of carboxylic acids is 1. The van der Waals surface area contributed by atoms with Crippen LogP contribution in [0.5, 0.6) is 0 Å². The largest absolute Gasteiger partial charge is 0.481 e. The molecular formula is C22H28O4. The molecule has 0 radical (unpaired) electrons. The number of rotatable bonds is 10. The van der Waals surface area contributed by atoms with Crippen molar-refractivity contribution in [3.8, 4) is 0 Å². The molecule has 26 heavy (non-hydrogen) atoms. The van der Waals surface area contributed by atoms with Gasteiger partial charge >= 0.3 is 5.97 Å². The lowest BCUT2D eigenvalue weighted by atomic mass is 9.90. The summed E-state index contributed by atoms with van der Waals surface area (Å²) in [5.41, 5.74) is 1.03. The van der Waals surface area contributed by atoms with Gasteiger partial charge in [-0.05, 0) is 36.8 Å². The maximum absolute atomic E-state index is 12.4. The number of carboxylic acid groups (broad SMARTS) is 1. The van der Waals surface area contributed by atoms with Crippen molar-refractivity contribution in [3.63, 3.8) is 0 Å². The lowest BCUT2D eigenvalue weighted by Gasteiger charge is -2.12. The fourth-order valence-electron chi connectivity index (χ4n) is 3.10. The normalized spacial score (nSPS) is 21.4. The van der Waals surface area contributed by atoms with Crippen molar-refractivity contribution in [2.75, 3.05) is 13.2 Å². The minimum atomic E-state index is -0.748. The van der Waals surface area contributed by atoms with Crippen LogP contribution in [0.2, 0.25) is 0 Å². The van der Waals surface area contributed by atoms with E-state index in [0.29, 0.717) is 25.6 Å². The Labute approximate surface area is 155 Å². The molecule has 3 atom stereocenters. The summed E-state index contributed by atoms with van der Waals surface area (Å²) in [4.78, 5) is 22.9. The fourth-order valence-corrected chi connectivity index (χ4v) is 3.10. The zero-order chi connectivity index (χ0) is 18.8. The fraction of sp³-hybridized carbons (Fsp3) is 0.455. The van der Waals surface area contributed by atoms with Gasteiger partial charge in [-0.3, -0.25) is 9.59 Å². The first-order valence-electron chi connectivity index (χ1n) is 9.29. The highest BCUT2D eigenvalue weighted by molar-refractivity contribution is 5.95. The summed E-state index contributed by atoms with van der Waals surface area (Å²) in [6.07, 6.45) is 10.4. The Hall–Kier alpha value is -2.20. The number of carbonyl (C=O) groups excluding carboxylic acids is 1. The van der Waals surface area contributed by atoms with Crippen LogP contribution in [0.3, 0.4) is 0 Å². The monoisotopic (exact) mass is 356 g/mol. The van der Waals surface area contributed by atoms with Gasteiger partial charge in [0.25, 0.3) is 0 Å². The number of carbonyl (C=O) groups is 2. The van der Waals surface area contributed by atoms with Crippen LogP contribution in [0.4, 0.5) is 0 Å². The zero-order valence-electron chi connectivity index (χ0n) is 15.3. The quantitative estimate of drug-likeness (QED) is 0.384. The molecule has 0 aromatic heterocycles. The first-order valence-corrected chi connectivity index (χ1v) is 9.29. The third-order valence-corrected chi connectivity index (χ3v) is 4.85. The molecule has 1 aromatic rings. The number of hydrogen-bond donors (Lipinski definition) is 1. The molecule has 2 rings (SSSR count). The Morgan fingerprint density at radius 1 is 1.23 bits per heavy atom.